The average Bonchev–Trinajstić information content (AvgIpc) is 3.43. The lowest BCUT2D eigenvalue weighted by atomic mass is 10.0. The lowest BCUT2D eigenvalue weighted by Crippen LogP contribution is -2.35. The van der Waals surface area contributed by atoms with Crippen LogP contribution < -0.4 is 25.4 Å². The fourth-order valence-corrected chi connectivity index (χ4v) is 4.22. The quantitative estimate of drug-likeness (QED) is 0.193. The molecule has 0 aliphatic rings. The molecule has 0 aliphatic heterocycles. The number of urea groups is 1. The Bertz CT molecular complexity index is 1790. The number of nitrogens with zero attached hydrogens (tertiary/aromatic N) is 4. The first-order valence-corrected chi connectivity index (χ1v) is 13.1. The summed E-state index contributed by atoms with van der Waals surface area (Å²) in [5.74, 6) is -0.652. The number of halogens is 3. The van der Waals surface area contributed by atoms with Gasteiger partial charge in [-0.1, -0.05) is 42.5 Å². The minimum Gasteiger partial charge on any atom is -0.467 e. The number of hydrogen-bond acceptors (Lipinski definition) is 7. The van der Waals surface area contributed by atoms with Crippen molar-refractivity contribution in [3.05, 3.63) is 108 Å². The summed E-state index contributed by atoms with van der Waals surface area (Å²) in [7, 11) is 1.50. The fraction of sp³-hybridized carbons (Fsp3) is 0.133. The maximum Gasteiger partial charge on any atom is 0.416 e. The van der Waals surface area contributed by atoms with E-state index in [1.165, 1.54) is 36.2 Å². The molecule has 0 aliphatic carbocycles. The van der Waals surface area contributed by atoms with E-state index in [0.717, 1.165) is 34.5 Å². The van der Waals surface area contributed by atoms with E-state index in [2.05, 4.69) is 31.2 Å². The molecule has 14 heteroatoms. The van der Waals surface area contributed by atoms with Crippen LogP contribution >= 0.6 is 0 Å². The highest BCUT2D eigenvalue weighted by atomic mass is 19.4. The minimum absolute atomic E-state index is 0.0466. The Morgan fingerprint density at radius 1 is 0.955 bits per heavy atom. The van der Waals surface area contributed by atoms with Crippen LogP contribution in [0.1, 0.15) is 27.2 Å². The second-order valence-corrected chi connectivity index (χ2v) is 9.51. The highest BCUT2D eigenvalue weighted by Crippen LogP contribution is 2.33. The topological polar surface area (TPSA) is 135 Å². The number of aromatic nitrogens is 4. The van der Waals surface area contributed by atoms with Gasteiger partial charge < -0.3 is 15.4 Å². The van der Waals surface area contributed by atoms with Crippen molar-refractivity contribution in [3.8, 4) is 17.1 Å². The van der Waals surface area contributed by atoms with Crippen molar-refractivity contribution in [1.29, 1.82) is 0 Å². The zero-order valence-corrected chi connectivity index (χ0v) is 23.3. The van der Waals surface area contributed by atoms with Crippen LogP contribution in [-0.2, 0) is 12.7 Å². The maximum absolute atomic E-state index is 13.6. The fourth-order valence-electron chi connectivity index (χ4n) is 4.22. The molecule has 3 N–H and O–H groups in total. The first kappa shape index (κ1) is 29.7. The highest BCUT2D eigenvalue weighted by molar-refractivity contribution is 6.05. The van der Waals surface area contributed by atoms with Crippen LogP contribution in [0.4, 0.5) is 35.2 Å². The van der Waals surface area contributed by atoms with Gasteiger partial charge in [0.1, 0.15) is 0 Å². The van der Waals surface area contributed by atoms with E-state index in [4.69, 9.17) is 9.26 Å². The lowest BCUT2D eigenvalue weighted by Gasteiger charge is -2.14. The van der Waals surface area contributed by atoms with E-state index < -0.39 is 23.7 Å². The molecule has 0 spiro atoms. The first-order valence-electron chi connectivity index (χ1n) is 13.1. The number of ether oxygens (including phenoxy) is 1. The number of nitrogens with one attached hydrogen (secondary N) is 3. The molecule has 5 aromatic rings. The van der Waals surface area contributed by atoms with E-state index in [0.29, 0.717) is 6.54 Å². The van der Waals surface area contributed by atoms with Crippen LogP contribution in [-0.4, -0.2) is 34.3 Å². The molecule has 44 heavy (non-hydrogen) atoms. The van der Waals surface area contributed by atoms with Crippen molar-refractivity contribution < 1.29 is 36.7 Å². The average molecular weight is 605 g/mol. The smallest absolute Gasteiger partial charge is 0.416 e. The zero-order valence-electron chi connectivity index (χ0n) is 23.3. The molecule has 0 radical (unpaired) electrons. The number of carbonyl (C=O) groups excluding carboxylic acids is 2. The predicted molar refractivity (Wildman–Crippen MR) is 153 cm³/mol. The number of carbonyl (C=O) groups is 2. The maximum atomic E-state index is 13.6. The molecule has 3 amide bonds. The van der Waals surface area contributed by atoms with Crippen LogP contribution in [0, 0.1) is 6.92 Å². The Morgan fingerprint density at radius 3 is 2.32 bits per heavy atom. The number of anilines is 3. The number of benzene rings is 3. The zero-order chi connectivity index (χ0) is 31.3. The molecule has 0 unspecified atom stereocenters. The Labute approximate surface area is 248 Å². The summed E-state index contributed by atoms with van der Waals surface area (Å²) in [6.45, 7) is 2.17. The Hall–Kier alpha value is -5.79. The number of rotatable bonds is 8. The van der Waals surface area contributed by atoms with Crippen molar-refractivity contribution in [1.82, 2.24) is 15.2 Å². The van der Waals surface area contributed by atoms with Crippen LogP contribution in [0.2, 0.25) is 0 Å². The van der Waals surface area contributed by atoms with Gasteiger partial charge >= 0.3 is 24.1 Å². The van der Waals surface area contributed by atoms with Gasteiger partial charge in [0.15, 0.2) is 0 Å². The Morgan fingerprint density at radius 2 is 1.66 bits per heavy atom. The monoisotopic (exact) mass is 604 g/mol. The highest BCUT2D eigenvalue weighted by Gasteiger charge is 2.31. The van der Waals surface area contributed by atoms with Gasteiger partial charge in [-0.25, -0.2) is 9.78 Å². The number of aryl methyl sites for hydroxylation is 1. The lowest BCUT2D eigenvalue weighted by molar-refractivity contribution is -0.754. The number of alkyl halides is 3. The van der Waals surface area contributed by atoms with Gasteiger partial charge in [0, 0.05) is 34.3 Å². The summed E-state index contributed by atoms with van der Waals surface area (Å²) in [4.78, 5) is 33.5. The van der Waals surface area contributed by atoms with Crippen LogP contribution in [0.25, 0.3) is 11.1 Å². The molecule has 0 saturated carbocycles. The molecule has 0 atom stereocenters. The van der Waals surface area contributed by atoms with E-state index >= 15 is 0 Å². The van der Waals surface area contributed by atoms with Crippen molar-refractivity contribution in [2.75, 3.05) is 23.1 Å². The van der Waals surface area contributed by atoms with Gasteiger partial charge in [-0.3, -0.25) is 14.6 Å². The molecule has 2 aromatic heterocycles. The summed E-state index contributed by atoms with van der Waals surface area (Å²) in [5, 5.41) is 11.0. The second-order valence-electron chi connectivity index (χ2n) is 9.51. The molecule has 0 saturated heterocycles. The molecule has 0 bridgehead atoms. The molecular formula is C30H25F3N7O4+. The van der Waals surface area contributed by atoms with Gasteiger partial charge in [0.2, 0.25) is 11.8 Å². The van der Waals surface area contributed by atoms with E-state index in [1.807, 2.05) is 31.2 Å². The van der Waals surface area contributed by atoms with Gasteiger partial charge in [0.05, 0.1) is 18.4 Å². The van der Waals surface area contributed by atoms with Crippen LogP contribution in [0.5, 0.6) is 6.01 Å². The standard InChI is InChI=1S/C30H24F3N7O4/c1-18-25(15-34-29(35-18)43-2)20-10-8-19(9-11-20)16-40-17-26(44-39-40)38-28(42)37-24-13-22(30(31,32)33)12-23(14-24)36-27(41)21-6-4-3-5-7-21/h3-15,17H,16H2,1-2H3,(H2-,36,37,38,39,41,42)/p+1. The first-order chi connectivity index (χ1) is 21.1. The molecule has 0 fully saturated rings. The van der Waals surface area contributed by atoms with Crippen molar-refractivity contribution in [2.24, 2.45) is 0 Å². The van der Waals surface area contributed by atoms with E-state index in [1.54, 1.807) is 24.4 Å². The third-order valence-corrected chi connectivity index (χ3v) is 6.31. The summed E-state index contributed by atoms with van der Waals surface area (Å²) < 4.78 is 52.3. The van der Waals surface area contributed by atoms with Gasteiger partial charge in [-0.2, -0.15) is 18.2 Å². The van der Waals surface area contributed by atoms with Gasteiger partial charge in [0.25, 0.3) is 12.1 Å². The van der Waals surface area contributed by atoms with E-state index in [9.17, 15) is 22.8 Å². The summed E-state index contributed by atoms with van der Waals surface area (Å²) in [6.07, 6.45) is -1.62. The normalized spacial score (nSPS) is 11.1. The molecule has 3 aromatic carbocycles. The summed E-state index contributed by atoms with van der Waals surface area (Å²) >= 11 is 0. The largest absolute Gasteiger partial charge is 0.467 e. The van der Waals surface area contributed by atoms with Crippen LogP contribution in [0.3, 0.4) is 0 Å². The molecule has 2 heterocycles. The predicted octanol–water partition coefficient (Wildman–Crippen LogP) is 5.70. The summed E-state index contributed by atoms with van der Waals surface area (Å²) in [5.41, 5.74) is 2.26. The minimum atomic E-state index is -4.73. The molecule has 11 nitrogen and oxygen atoms in total. The number of amides is 3. The van der Waals surface area contributed by atoms with Crippen molar-refractivity contribution in [2.45, 2.75) is 19.6 Å². The van der Waals surface area contributed by atoms with E-state index in [-0.39, 0.29) is 28.8 Å². The SMILES string of the molecule is COc1ncc(-c2ccc(C[n+]3cc(NC(=O)Nc4cc(NC(=O)c5ccccc5)cc(C(F)(F)F)c4)on3)cc2)c(C)n1. The van der Waals surface area contributed by atoms with Crippen molar-refractivity contribution in [3.63, 3.8) is 0 Å². The number of hydrogen-bond donors (Lipinski definition) is 3. The molecule has 224 valence electrons. The number of methoxy groups -OCH3 is 1. The Kier molecular flexibility index (Phi) is 8.51. The Balaban J connectivity index is 1.23. The molecule has 5 rings (SSSR count). The third kappa shape index (κ3) is 7.34. The van der Waals surface area contributed by atoms with Crippen LogP contribution in [0.15, 0.2) is 89.7 Å². The van der Waals surface area contributed by atoms with Gasteiger partial charge in [-0.05, 0) is 47.5 Å². The third-order valence-electron chi connectivity index (χ3n) is 6.31. The second kappa shape index (κ2) is 12.6. The van der Waals surface area contributed by atoms with Crippen molar-refractivity contribution >= 4 is 29.2 Å². The van der Waals surface area contributed by atoms with Gasteiger partial charge in [-0.15, -0.1) is 0 Å². The molecular weight excluding hydrogens is 579 g/mol. The summed E-state index contributed by atoms with van der Waals surface area (Å²) in [6, 6.07) is 17.7.